The highest BCUT2D eigenvalue weighted by Crippen LogP contribution is 2.18. The SMILES string of the molecule is CN(Cc1ccccn1)[C@H]1CCCN(C(=O)Nc2ccncc2)CC1. The fourth-order valence-corrected chi connectivity index (χ4v) is 3.24. The molecule has 0 aromatic carbocycles. The van der Waals surface area contributed by atoms with Crippen molar-refractivity contribution in [1.82, 2.24) is 19.8 Å². The Morgan fingerprint density at radius 1 is 1.20 bits per heavy atom. The van der Waals surface area contributed by atoms with Gasteiger partial charge in [-0.05, 0) is 50.6 Å². The van der Waals surface area contributed by atoms with Gasteiger partial charge in [-0.2, -0.15) is 0 Å². The number of hydrogen-bond acceptors (Lipinski definition) is 4. The Labute approximate surface area is 148 Å². The van der Waals surface area contributed by atoms with Gasteiger partial charge in [-0.15, -0.1) is 0 Å². The molecule has 6 heteroatoms. The molecule has 0 spiro atoms. The number of likely N-dealkylation sites (tertiary alicyclic amines) is 1. The second kappa shape index (κ2) is 8.58. The Morgan fingerprint density at radius 2 is 2.04 bits per heavy atom. The lowest BCUT2D eigenvalue weighted by atomic mass is 10.1. The molecule has 1 atom stereocenters. The van der Waals surface area contributed by atoms with Crippen LogP contribution in [0.4, 0.5) is 10.5 Å². The van der Waals surface area contributed by atoms with Crippen molar-refractivity contribution in [2.45, 2.75) is 31.8 Å². The van der Waals surface area contributed by atoms with Gasteiger partial charge in [0.25, 0.3) is 0 Å². The van der Waals surface area contributed by atoms with Crippen molar-refractivity contribution in [3.05, 3.63) is 54.6 Å². The Balaban J connectivity index is 1.52. The van der Waals surface area contributed by atoms with Gasteiger partial charge in [-0.3, -0.25) is 14.9 Å². The smallest absolute Gasteiger partial charge is 0.321 e. The maximum absolute atomic E-state index is 12.5. The van der Waals surface area contributed by atoms with Gasteiger partial charge < -0.3 is 10.2 Å². The first-order chi connectivity index (χ1) is 12.2. The number of rotatable bonds is 4. The molecule has 3 rings (SSSR count). The predicted molar refractivity (Wildman–Crippen MR) is 98.2 cm³/mol. The third kappa shape index (κ3) is 5.00. The molecule has 2 amide bonds. The number of urea groups is 1. The zero-order valence-corrected chi connectivity index (χ0v) is 14.6. The molecule has 1 fully saturated rings. The van der Waals surface area contributed by atoms with E-state index in [1.54, 1.807) is 24.5 Å². The normalized spacial score (nSPS) is 18.0. The van der Waals surface area contributed by atoms with Gasteiger partial charge in [-0.1, -0.05) is 6.07 Å². The number of carbonyl (C=O) groups is 1. The molecular weight excluding hydrogens is 314 g/mol. The van der Waals surface area contributed by atoms with E-state index in [1.165, 1.54) is 0 Å². The highest BCUT2D eigenvalue weighted by atomic mass is 16.2. The van der Waals surface area contributed by atoms with Crippen molar-refractivity contribution in [2.75, 3.05) is 25.5 Å². The second-order valence-corrected chi connectivity index (χ2v) is 6.47. The topological polar surface area (TPSA) is 61.4 Å². The second-order valence-electron chi connectivity index (χ2n) is 6.47. The average Bonchev–Trinajstić information content (AvgIpc) is 2.90. The Hall–Kier alpha value is -2.47. The van der Waals surface area contributed by atoms with Crippen LogP contribution in [0, 0.1) is 0 Å². The van der Waals surface area contributed by atoms with E-state index in [0.29, 0.717) is 6.04 Å². The molecule has 3 heterocycles. The van der Waals surface area contributed by atoms with E-state index in [1.807, 2.05) is 23.2 Å². The molecule has 1 N–H and O–H groups in total. The van der Waals surface area contributed by atoms with Gasteiger partial charge in [0.2, 0.25) is 0 Å². The van der Waals surface area contributed by atoms with E-state index in [-0.39, 0.29) is 6.03 Å². The minimum Gasteiger partial charge on any atom is -0.324 e. The lowest BCUT2D eigenvalue weighted by Gasteiger charge is -2.27. The molecule has 2 aromatic rings. The lowest BCUT2D eigenvalue weighted by Crippen LogP contribution is -2.37. The first kappa shape index (κ1) is 17.4. The number of pyridine rings is 2. The van der Waals surface area contributed by atoms with Crippen LogP contribution in [0.25, 0.3) is 0 Å². The molecule has 0 bridgehead atoms. The van der Waals surface area contributed by atoms with Gasteiger partial charge >= 0.3 is 6.03 Å². The van der Waals surface area contributed by atoms with Crippen molar-refractivity contribution < 1.29 is 4.79 Å². The van der Waals surface area contributed by atoms with Gasteiger partial charge in [0, 0.05) is 50.0 Å². The highest BCUT2D eigenvalue weighted by Gasteiger charge is 2.23. The zero-order chi connectivity index (χ0) is 17.5. The minimum absolute atomic E-state index is 0.0285. The molecule has 0 saturated carbocycles. The standard InChI is InChI=1S/C19H25N5O/c1-23(15-17-5-2-3-10-21-17)18-6-4-13-24(14-9-18)19(25)22-16-7-11-20-12-8-16/h2-3,5,7-8,10-12,18H,4,6,9,13-15H2,1H3,(H,20,22,25)/t18-/m0/s1. The third-order valence-electron chi connectivity index (χ3n) is 4.68. The van der Waals surface area contributed by atoms with Crippen LogP contribution < -0.4 is 5.32 Å². The van der Waals surface area contributed by atoms with Crippen molar-refractivity contribution in [1.29, 1.82) is 0 Å². The van der Waals surface area contributed by atoms with Gasteiger partial charge in [0.15, 0.2) is 0 Å². The molecule has 25 heavy (non-hydrogen) atoms. The maximum atomic E-state index is 12.5. The fraction of sp³-hybridized carbons (Fsp3) is 0.421. The monoisotopic (exact) mass is 339 g/mol. The Kier molecular flexibility index (Phi) is 5.95. The van der Waals surface area contributed by atoms with E-state index in [9.17, 15) is 4.79 Å². The number of amides is 2. The summed E-state index contributed by atoms with van der Waals surface area (Å²) in [6.07, 6.45) is 8.29. The summed E-state index contributed by atoms with van der Waals surface area (Å²) in [7, 11) is 2.14. The molecule has 6 nitrogen and oxygen atoms in total. The molecule has 132 valence electrons. The molecule has 0 aliphatic carbocycles. The molecule has 0 unspecified atom stereocenters. The van der Waals surface area contributed by atoms with Crippen LogP contribution in [-0.2, 0) is 6.54 Å². The highest BCUT2D eigenvalue weighted by molar-refractivity contribution is 5.89. The number of aromatic nitrogens is 2. The largest absolute Gasteiger partial charge is 0.324 e. The Bertz CT molecular complexity index is 664. The van der Waals surface area contributed by atoms with E-state index in [0.717, 1.165) is 50.3 Å². The summed E-state index contributed by atoms with van der Waals surface area (Å²) in [4.78, 5) is 25.1. The van der Waals surface area contributed by atoms with E-state index in [4.69, 9.17) is 0 Å². The van der Waals surface area contributed by atoms with Crippen LogP contribution in [0.15, 0.2) is 48.9 Å². The Morgan fingerprint density at radius 3 is 2.80 bits per heavy atom. The number of carbonyl (C=O) groups excluding carboxylic acids is 1. The van der Waals surface area contributed by atoms with E-state index >= 15 is 0 Å². The zero-order valence-electron chi connectivity index (χ0n) is 14.6. The molecule has 1 aliphatic rings. The lowest BCUT2D eigenvalue weighted by molar-refractivity contribution is 0.200. The van der Waals surface area contributed by atoms with Gasteiger partial charge in [0.1, 0.15) is 0 Å². The van der Waals surface area contributed by atoms with Crippen LogP contribution in [0.1, 0.15) is 25.0 Å². The van der Waals surface area contributed by atoms with Crippen molar-refractivity contribution in [2.24, 2.45) is 0 Å². The number of anilines is 1. The van der Waals surface area contributed by atoms with Gasteiger partial charge in [-0.25, -0.2) is 4.79 Å². The van der Waals surface area contributed by atoms with Crippen LogP contribution >= 0.6 is 0 Å². The predicted octanol–water partition coefficient (Wildman–Crippen LogP) is 3.00. The quantitative estimate of drug-likeness (QED) is 0.930. The summed E-state index contributed by atoms with van der Waals surface area (Å²) in [5.41, 5.74) is 1.87. The summed E-state index contributed by atoms with van der Waals surface area (Å²) in [6.45, 7) is 2.41. The summed E-state index contributed by atoms with van der Waals surface area (Å²) in [5.74, 6) is 0. The molecule has 2 aromatic heterocycles. The van der Waals surface area contributed by atoms with Crippen molar-refractivity contribution in [3.63, 3.8) is 0 Å². The number of nitrogens with one attached hydrogen (secondary N) is 1. The third-order valence-corrected chi connectivity index (χ3v) is 4.68. The van der Waals surface area contributed by atoms with Crippen LogP contribution in [0.5, 0.6) is 0 Å². The summed E-state index contributed by atoms with van der Waals surface area (Å²) in [5, 5.41) is 2.95. The average molecular weight is 339 g/mol. The van der Waals surface area contributed by atoms with Crippen LogP contribution in [-0.4, -0.2) is 52.0 Å². The van der Waals surface area contributed by atoms with Crippen LogP contribution in [0.2, 0.25) is 0 Å². The summed E-state index contributed by atoms with van der Waals surface area (Å²) in [6, 6.07) is 10.1. The van der Waals surface area contributed by atoms with Gasteiger partial charge in [0.05, 0.1) is 5.69 Å². The molecule has 1 aliphatic heterocycles. The number of hydrogen-bond donors (Lipinski definition) is 1. The van der Waals surface area contributed by atoms with Crippen LogP contribution in [0.3, 0.4) is 0 Å². The van der Waals surface area contributed by atoms with Crippen molar-refractivity contribution >= 4 is 11.7 Å². The molecular formula is C19H25N5O. The summed E-state index contributed by atoms with van der Waals surface area (Å²) < 4.78 is 0. The van der Waals surface area contributed by atoms with Crippen molar-refractivity contribution in [3.8, 4) is 0 Å². The minimum atomic E-state index is -0.0285. The molecule has 1 saturated heterocycles. The molecule has 0 radical (unpaired) electrons. The first-order valence-electron chi connectivity index (χ1n) is 8.78. The number of nitrogens with zero attached hydrogens (tertiary/aromatic N) is 4. The van der Waals surface area contributed by atoms with E-state index in [2.05, 4.69) is 33.3 Å². The first-order valence-corrected chi connectivity index (χ1v) is 8.78. The summed E-state index contributed by atoms with van der Waals surface area (Å²) >= 11 is 0. The maximum Gasteiger partial charge on any atom is 0.321 e. The van der Waals surface area contributed by atoms with E-state index < -0.39 is 0 Å². The fourth-order valence-electron chi connectivity index (χ4n) is 3.24.